The van der Waals surface area contributed by atoms with Crippen molar-refractivity contribution in [3.05, 3.63) is 60.4 Å². The van der Waals surface area contributed by atoms with E-state index >= 15 is 0 Å². The zero-order valence-electron chi connectivity index (χ0n) is 13.3. The summed E-state index contributed by atoms with van der Waals surface area (Å²) in [7, 11) is 1.63. The van der Waals surface area contributed by atoms with E-state index in [9.17, 15) is 4.39 Å². The molecule has 0 amide bonds. The molecule has 126 valence electrons. The van der Waals surface area contributed by atoms with Gasteiger partial charge in [-0.3, -0.25) is 0 Å². The fourth-order valence-electron chi connectivity index (χ4n) is 2.42. The Kier molecular flexibility index (Phi) is 4.15. The number of oxazole rings is 1. The number of nitrogens with zero attached hydrogens (tertiary/aromatic N) is 2. The van der Waals surface area contributed by atoms with Gasteiger partial charge in [-0.2, -0.15) is 0 Å². The summed E-state index contributed by atoms with van der Waals surface area (Å²) >= 11 is 1.50. The zero-order valence-corrected chi connectivity index (χ0v) is 14.1. The molecule has 5 nitrogen and oxygen atoms in total. The van der Waals surface area contributed by atoms with Gasteiger partial charge in [0, 0.05) is 11.6 Å². The van der Waals surface area contributed by atoms with E-state index < -0.39 is 0 Å². The zero-order chi connectivity index (χ0) is 17.2. The number of aromatic nitrogens is 3. The van der Waals surface area contributed by atoms with Crippen molar-refractivity contribution in [1.82, 2.24) is 15.0 Å². The van der Waals surface area contributed by atoms with Crippen LogP contribution in [0, 0.1) is 5.82 Å². The van der Waals surface area contributed by atoms with Crippen LogP contribution in [-0.2, 0) is 5.75 Å². The fourth-order valence-corrected chi connectivity index (χ4v) is 3.15. The maximum Gasteiger partial charge on any atom is 0.205 e. The molecule has 4 aromatic rings. The van der Waals surface area contributed by atoms with Crippen LogP contribution in [0.3, 0.4) is 0 Å². The van der Waals surface area contributed by atoms with Crippen LogP contribution < -0.4 is 4.74 Å². The standard InChI is InChI=1S/C18H14FN3O2S/c1-23-13-6-7-14-15(8-13)22-18(21-14)25-10-17-20-9-16(24-17)11-2-4-12(19)5-3-11/h2-9H,10H2,1H3,(H,21,22). The number of nitrogens with one attached hydrogen (secondary N) is 1. The quantitative estimate of drug-likeness (QED) is 0.528. The smallest absolute Gasteiger partial charge is 0.205 e. The number of hydrogen-bond donors (Lipinski definition) is 1. The van der Waals surface area contributed by atoms with Gasteiger partial charge in [-0.05, 0) is 36.4 Å². The van der Waals surface area contributed by atoms with Gasteiger partial charge < -0.3 is 14.1 Å². The minimum Gasteiger partial charge on any atom is -0.497 e. The molecule has 1 N–H and O–H groups in total. The van der Waals surface area contributed by atoms with E-state index in [1.54, 1.807) is 25.4 Å². The molecule has 0 aliphatic carbocycles. The number of methoxy groups -OCH3 is 1. The lowest BCUT2D eigenvalue weighted by atomic mass is 10.2. The lowest BCUT2D eigenvalue weighted by Crippen LogP contribution is -1.81. The fraction of sp³-hybridized carbons (Fsp3) is 0.111. The Morgan fingerprint density at radius 3 is 2.84 bits per heavy atom. The number of aromatic amines is 1. The molecule has 0 aliphatic heterocycles. The maximum atomic E-state index is 13.0. The summed E-state index contributed by atoms with van der Waals surface area (Å²) in [5.74, 6) is 2.25. The Hall–Kier alpha value is -2.80. The Bertz CT molecular complexity index is 1010. The van der Waals surface area contributed by atoms with E-state index in [0.29, 0.717) is 17.4 Å². The molecule has 2 aromatic heterocycles. The van der Waals surface area contributed by atoms with Crippen LogP contribution in [0.1, 0.15) is 5.89 Å². The number of H-pyrrole nitrogens is 1. The molecule has 2 aromatic carbocycles. The second-order valence-corrected chi connectivity index (χ2v) is 6.30. The molecule has 7 heteroatoms. The van der Waals surface area contributed by atoms with Crippen LogP contribution in [0.25, 0.3) is 22.4 Å². The molecule has 25 heavy (non-hydrogen) atoms. The first-order valence-corrected chi connectivity index (χ1v) is 8.57. The van der Waals surface area contributed by atoms with Crippen molar-refractivity contribution >= 4 is 22.8 Å². The highest BCUT2D eigenvalue weighted by Gasteiger charge is 2.10. The third-order valence-corrected chi connectivity index (χ3v) is 4.54. The summed E-state index contributed by atoms with van der Waals surface area (Å²) in [4.78, 5) is 12.0. The first-order valence-electron chi connectivity index (χ1n) is 7.58. The third kappa shape index (κ3) is 3.36. The third-order valence-electron chi connectivity index (χ3n) is 3.68. The monoisotopic (exact) mass is 355 g/mol. The Balaban J connectivity index is 1.47. The topological polar surface area (TPSA) is 63.9 Å². The SMILES string of the molecule is COc1ccc2nc(SCc3ncc(-c4ccc(F)cc4)o3)[nH]c2c1. The van der Waals surface area contributed by atoms with E-state index in [-0.39, 0.29) is 5.82 Å². The lowest BCUT2D eigenvalue weighted by Gasteiger charge is -1.96. The normalized spacial score (nSPS) is 11.1. The molecule has 2 heterocycles. The second kappa shape index (κ2) is 6.60. The average Bonchev–Trinajstić information content (AvgIpc) is 3.26. The largest absolute Gasteiger partial charge is 0.497 e. The van der Waals surface area contributed by atoms with Crippen molar-refractivity contribution in [2.24, 2.45) is 0 Å². The molecule has 0 saturated carbocycles. The molecule has 0 spiro atoms. The first-order chi connectivity index (χ1) is 12.2. The van der Waals surface area contributed by atoms with Crippen molar-refractivity contribution in [3.8, 4) is 17.1 Å². The lowest BCUT2D eigenvalue weighted by molar-refractivity contribution is 0.415. The van der Waals surface area contributed by atoms with E-state index in [1.807, 2.05) is 18.2 Å². The predicted molar refractivity (Wildman–Crippen MR) is 94.1 cm³/mol. The van der Waals surface area contributed by atoms with Gasteiger partial charge >= 0.3 is 0 Å². The molecule has 0 unspecified atom stereocenters. The number of fused-ring (bicyclic) bond motifs is 1. The van der Waals surface area contributed by atoms with Crippen LogP contribution in [0.5, 0.6) is 5.75 Å². The van der Waals surface area contributed by atoms with Crippen molar-refractivity contribution in [2.75, 3.05) is 7.11 Å². The summed E-state index contributed by atoms with van der Waals surface area (Å²) in [5, 5.41) is 0.782. The van der Waals surface area contributed by atoms with Gasteiger partial charge in [0.25, 0.3) is 0 Å². The minimum atomic E-state index is -0.277. The number of halogens is 1. The number of ether oxygens (including phenoxy) is 1. The highest BCUT2D eigenvalue weighted by Crippen LogP contribution is 2.27. The van der Waals surface area contributed by atoms with Gasteiger partial charge in [-0.1, -0.05) is 11.8 Å². The van der Waals surface area contributed by atoms with Crippen molar-refractivity contribution in [1.29, 1.82) is 0 Å². The maximum absolute atomic E-state index is 13.0. The summed E-state index contributed by atoms with van der Waals surface area (Å²) in [5.41, 5.74) is 2.59. The van der Waals surface area contributed by atoms with Gasteiger partial charge in [0.15, 0.2) is 10.9 Å². The Morgan fingerprint density at radius 1 is 1.20 bits per heavy atom. The molecule has 0 atom stereocenters. The van der Waals surface area contributed by atoms with Crippen LogP contribution in [0.15, 0.2) is 58.2 Å². The van der Waals surface area contributed by atoms with Crippen molar-refractivity contribution in [2.45, 2.75) is 10.9 Å². The van der Waals surface area contributed by atoms with E-state index in [4.69, 9.17) is 9.15 Å². The van der Waals surface area contributed by atoms with E-state index in [1.165, 1.54) is 23.9 Å². The molecule has 0 aliphatic rings. The molecule has 4 rings (SSSR count). The van der Waals surface area contributed by atoms with Crippen LogP contribution in [0.4, 0.5) is 4.39 Å². The van der Waals surface area contributed by atoms with Gasteiger partial charge in [-0.25, -0.2) is 14.4 Å². The average molecular weight is 355 g/mol. The molecule has 0 bridgehead atoms. The molecular weight excluding hydrogens is 341 g/mol. The summed E-state index contributed by atoms with van der Waals surface area (Å²) in [6.45, 7) is 0. The Morgan fingerprint density at radius 2 is 2.04 bits per heavy atom. The Labute approximate surface area is 147 Å². The minimum absolute atomic E-state index is 0.277. The number of rotatable bonds is 5. The van der Waals surface area contributed by atoms with E-state index in [2.05, 4.69) is 15.0 Å². The van der Waals surface area contributed by atoms with Gasteiger partial charge in [0.1, 0.15) is 11.6 Å². The number of benzene rings is 2. The van der Waals surface area contributed by atoms with Crippen molar-refractivity contribution in [3.63, 3.8) is 0 Å². The highest BCUT2D eigenvalue weighted by atomic mass is 32.2. The summed E-state index contributed by atoms with van der Waals surface area (Å²) in [6.07, 6.45) is 1.65. The predicted octanol–water partition coefficient (Wildman–Crippen LogP) is 4.66. The van der Waals surface area contributed by atoms with Gasteiger partial charge in [0.05, 0.1) is 30.1 Å². The van der Waals surface area contributed by atoms with Gasteiger partial charge in [-0.15, -0.1) is 0 Å². The second-order valence-electron chi connectivity index (χ2n) is 5.34. The molecule has 0 radical (unpaired) electrons. The van der Waals surface area contributed by atoms with Crippen LogP contribution in [-0.4, -0.2) is 22.1 Å². The van der Waals surface area contributed by atoms with Crippen LogP contribution in [0.2, 0.25) is 0 Å². The van der Waals surface area contributed by atoms with Crippen LogP contribution >= 0.6 is 11.8 Å². The summed E-state index contributed by atoms with van der Waals surface area (Å²) < 4.78 is 23.9. The summed E-state index contributed by atoms with van der Waals surface area (Å²) in [6, 6.07) is 11.8. The van der Waals surface area contributed by atoms with Crippen molar-refractivity contribution < 1.29 is 13.5 Å². The highest BCUT2D eigenvalue weighted by molar-refractivity contribution is 7.98. The van der Waals surface area contributed by atoms with E-state index in [0.717, 1.165) is 27.5 Å². The first kappa shape index (κ1) is 15.7. The molecule has 0 saturated heterocycles. The van der Waals surface area contributed by atoms with Gasteiger partial charge in [0.2, 0.25) is 5.89 Å². The number of imidazole rings is 1. The molecule has 0 fully saturated rings. The molecular formula is C18H14FN3O2S. The number of hydrogen-bond acceptors (Lipinski definition) is 5. The number of thioether (sulfide) groups is 1.